The van der Waals surface area contributed by atoms with Crippen LogP contribution in [0.2, 0.25) is 0 Å². The molecule has 6 heteroatoms. The van der Waals surface area contributed by atoms with E-state index in [4.69, 9.17) is 9.47 Å². The Morgan fingerprint density at radius 2 is 2.27 bits per heavy atom. The van der Waals surface area contributed by atoms with E-state index >= 15 is 0 Å². The zero-order valence-electron chi connectivity index (χ0n) is 15.2. The molecule has 0 aliphatic carbocycles. The molecule has 2 aliphatic rings. The van der Waals surface area contributed by atoms with E-state index in [0.29, 0.717) is 17.9 Å². The quantitative estimate of drug-likeness (QED) is 0.881. The Hall–Kier alpha value is -2.47. The predicted molar refractivity (Wildman–Crippen MR) is 100 cm³/mol. The van der Waals surface area contributed by atoms with Crippen molar-refractivity contribution in [1.82, 2.24) is 4.57 Å². The van der Waals surface area contributed by atoms with Gasteiger partial charge in [-0.3, -0.25) is 4.79 Å². The first-order chi connectivity index (χ1) is 12.6. The highest BCUT2D eigenvalue weighted by molar-refractivity contribution is 5.75. The van der Waals surface area contributed by atoms with Crippen molar-refractivity contribution in [1.29, 1.82) is 0 Å². The van der Waals surface area contributed by atoms with Crippen LogP contribution in [0.1, 0.15) is 24.0 Å². The molecule has 1 saturated heterocycles. The van der Waals surface area contributed by atoms with Crippen LogP contribution in [0.25, 0.3) is 11.3 Å². The van der Waals surface area contributed by atoms with Gasteiger partial charge in [0, 0.05) is 42.5 Å². The second kappa shape index (κ2) is 6.68. The molecule has 0 bridgehead atoms. The van der Waals surface area contributed by atoms with Gasteiger partial charge in [0.15, 0.2) is 16.9 Å². The van der Waals surface area contributed by atoms with Gasteiger partial charge in [-0.2, -0.15) is 0 Å². The smallest absolute Gasteiger partial charge is 0.187 e. The number of rotatable bonds is 4. The van der Waals surface area contributed by atoms with Crippen molar-refractivity contribution >= 4 is 5.82 Å². The van der Waals surface area contributed by atoms with E-state index in [9.17, 15) is 9.90 Å². The van der Waals surface area contributed by atoms with Gasteiger partial charge in [-0.15, -0.1) is 0 Å². The Bertz CT molecular complexity index is 898. The molecule has 1 unspecified atom stereocenters. The monoisotopic (exact) mass is 356 g/mol. The van der Waals surface area contributed by atoms with Crippen molar-refractivity contribution in [3.63, 3.8) is 0 Å². The van der Waals surface area contributed by atoms with Crippen LogP contribution in [0.15, 0.2) is 23.0 Å². The molecule has 2 N–H and O–H groups in total. The molecule has 1 atom stereocenters. The Morgan fingerprint density at radius 3 is 3.00 bits per heavy atom. The van der Waals surface area contributed by atoms with E-state index in [1.54, 1.807) is 19.2 Å². The first-order valence-corrected chi connectivity index (χ1v) is 9.09. The maximum Gasteiger partial charge on any atom is 0.187 e. The lowest BCUT2D eigenvalue weighted by Crippen LogP contribution is -2.26. The van der Waals surface area contributed by atoms with Gasteiger partial charge in [0.05, 0.1) is 18.9 Å². The second-order valence-electron chi connectivity index (χ2n) is 6.93. The lowest BCUT2D eigenvalue weighted by Gasteiger charge is -2.28. The highest BCUT2D eigenvalue weighted by Crippen LogP contribution is 2.41. The maximum absolute atomic E-state index is 12.6. The minimum Gasteiger partial charge on any atom is -0.504 e. The van der Waals surface area contributed by atoms with Crippen molar-refractivity contribution in [2.45, 2.75) is 38.8 Å². The number of pyridine rings is 1. The SMILES string of the molecule is COc1c(O)ccc2c1CCn1c(NCC3CCCO3)cc(=O)c(C)c1-2. The van der Waals surface area contributed by atoms with Crippen molar-refractivity contribution in [3.05, 3.63) is 39.5 Å². The average molecular weight is 356 g/mol. The fourth-order valence-electron chi connectivity index (χ4n) is 4.04. The highest BCUT2D eigenvalue weighted by atomic mass is 16.5. The van der Waals surface area contributed by atoms with Crippen LogP contribution in [0.5, 0.6) is 11.5 Å². The van der Waals surface area contributed by atoms with E-state index in [1.165, 1.54) is 0 Å². The summed E-state index contributed by atoms with van der Waals surface area (Å²) < 4.78 is 13.2. The molecule has 2 aromatic rings. The molecule has 2 aliphatic heterocycles. The fourth-order valence-corrected chi connectivity index (χ4v) is 4.04. The van der Waals surface area contributed by atoms with Crippen LogP contribution in [-0.2, 0) is 17.7 Å². The summed E-state index contributed by atoms with van der Waals surface area (Å²) >= 11 is 0. The first-order valence-electron chi connectivity index (χ1n) is 9.09. The van der Waals surface area contributed by atoms with Gasteiger partial charge in [-0.05, 0) is 38.3 Å². The number of phenolic OH excluding ortho intramolecular Hbond substituents is 1. The van der Waals surface area contributed by atoms with Gasteiger partial charge in [0.1, 0.15) is 5.82 Å². The van der Waals surface area contributed by atoms with Crippen molar-refractivity contribution in [2.24, 2.45) is 0 Å². The molecule has 6 nitrogen and oxygen atoms in total. The zero-order valence-corrected chi connectivity index (χ0v) is 15.2. The van der Waals surface area contributed by atoms with E-state index in [0.717, 1.165) is 55.1 Å². The van der Waals surface area contributed by atoms with Crippen molar-refractivity contribution in [2.75, 3.05) is 25.6 Å². The molecule has 0 radical (unpaired) electrons. The van der Waals surface area contributed by atoms with Crippen LogP contribution in [0.4, 0.5) is 5.82 Å². The van der Waals surface area contributed by atoms with Crippen molar-refractivity contribution < 1.29 is 14.6 Å². The van der Waals surface area contributed by atoms with E-state index in [2.05, 4.69) is 9.88 Å². The number of hydrogen-bond donors (Lipinski definition) is 2. The van der Waals surface area contributed by atoms with Crippen LogP contribution < -0.4 is 15.5 Å². The lowest BCUT2D eigenvalue weighted by molar-refractivity contribution is 0.120. The van der Waals surface area contributed by atoms with E-state index in [1.807, 2.05) is 13.0 Å². The molecular weight excluding hydrogens is 332 g/mol. The standard InChI is InChI=1S/C20H24N2O4/c1-12-17(24)10-18(21-11-13-4-3-9-26-13)22-8-7-15-14(19(12)22)5-6-16(23)20(15)25-2/h5-6,10,13,21,23H,3-4,7-9,11H2,1-2H3. The van der Waals surface area contributed by atoms with Gasteiger partial charge < -0.3 is 24.5 Å². The number of aromatic nitrogens is 1. The molecular formula is C20H24N2O4. The third-order valence-corrected chi connectivity index (χ3v) is 5.37. The molecule has 0 amide bonds. The summed E-state index contributed by atoms with van der Waals surface area (Å²) in [5, 5.41) is 13.5. The number of nitrogens with zero attached hydrogens (tertiary/aromatic N) is 1. The fraction of sp³-hybridized carbons (Fsp3) is 0.450. The molecule has 138 valence electrons. The number of nitrogens with one attached hydrogen (secondary N) is 1. The van der Waals surface area contributed by atoms with E-state index in [-0.39, 0.29) is 17.3 Å². The number of ether oxygens (including phenoxy) is 2. The molecule has 0 saturated carbocycles. The van der Waals surface area contributed by atoms with Crippen LogP contribution in [-0.4, -0.2) is 36.0 Å². The van der Waals surface area contributed by atoms with Gasteiger partial charge in [0.2, 0.25) is 0 Å². The summed E-state index contributed by atoms with van der Waals surface area (Å²) in [5.74, 6) is 1.45. The van der Waals surface area contributed by atoms with Gasteiger partial charge >= 0.3 is 0 Å². The number of hydrogen-bond acceptors (Lipinski definition) is 5. The van der Waals surface area contributed by atoms with Crippen LogP contribution in [0.3, 0.4) is 0 Å². The van der Waals surface area contributed by atoms with Crippen LogP contribution in [0, 0.1) is 6.92 Å². The highest BCUT2D eigenvalue weighted by Gasteiger charge is 2.25. The lowest BCUT2D eigenvalue weighted by atomic mass is 9.93. The maximum atomic E-state index is 12.6. The Labute approximate surface area is 152 Å². The number of benzene rings is 1. The van der Waals surface area contributed by atoms with Gasteiger partial charge in [-0.25, -0.2) is 0 Å². The molecule has 1 aromatic carbocycles. The van der Waals surface area contributed by atoms with Crippen molar-refractivity contribution in [3.8, 4) is 22.8 Å². The number of phenols is 1. The van der Waals surface area contributed by atoms with E-state index < -0.39 is 0 Å². The predicted octanol–water partition coefficient (Wildman–Crippen LogP) is 2.68. The summed E-state index contributed by atoms with van der Waals surface area (Å²) in [6.45, 7) is 4.09. The normalized spacial score (nSPS) is 18.3. The topological polar surface area (TPSA) is 72.7 Å². The summed E-state index contributed by atoms with van der Waals surface area (Å²) in [6, 6.07) is 5.18. The summed E-state index contributed by atoms with van der Waals surface area (Å²) in [4.78, 5) is 12.6. The molecule has 26 heavy (non-hydrogen) atoms. The molecule has 1 fully saturated rings. The van der Waals surface area contributed by atoms with Gasteiger partial charge in [0.25, 0.3) is 0 Å². The summed E-state index contributed by atoms with van der Waals surface area (Å²) in [6.07, 6.45) is 3.08. The number of fused-ring (bicyclic) bond motifs is 3. The Morgan fingerprint density at radius 1 is 1.42 bits per heavy atom. The van der Waals surface area contributed by atoms with Crippen LogP contribution >= 0.6 is 0 Å². The molecule has 4 rings (SSSR count). The molecule has 3 heterocycles. The number of methoxy groups -OCH3 is 1. The molecule has 1 aromatic heterocycles. The summed E-state index contributed by atoms with van der Waals surface area (Å²) in [5.41, 5.74) is 3.51. The largest absolute Gasteiger partial charge is 0.504 e. The number of aromatic hydroxyl groups is 1. The minimum atomic E-state index is 0.00554. The third-order valence-electron chi connectivity index (χ3n) is 5.37. The average Bonchev–Trinajstić information content (AvgIpc) is 3.16. The second-order valence-corrected chi connectivity index (χ2v) is 6.93. The zero-order chi connectivity index (χ0) is 18.3. The minimum absolute atomic E-state index is 0.00554. The molecule has 0 spiro atoms. The third kappa shape index (κ3) is 2.74. The number of anilines is 1. The Balaban J connectivity index is 1.79. The first kappa shape index (κ1) is 17.0. The summed E-state index contributed by atoms with van der Waals surface area (Å²) in [7, 11) is 1.56. The van der Waals surface area contributed by atoms with Gasteiger partial charge in [-0.1, -0.05) is 0 Å². The Kier molecular flexibility index (Phi) is 4.36.